The number of methoxy groups -OCH3 is 1. The van der Waals surface area contributed by atoms with Crippen LogP contribution in [0.15, 0.2) is 78.5 Å². The summed E-state index contributed by atoms with van der Waals surface area (Å²) in [5.41, 5.74) is 4.41. The number of ether oxygens (including phenoxy) is 2. The number of hydrogen-bond acceptors (Lipinski definition) is 5. The third-order valence-corrected chi connectivity index (χ3v) is 7.46. The molecule has 0 aliphatic carbocycles. The van der Waals surface area contributed by atoms with E-state index in [-0.39, 0.29) is 11.5 Å². The van der Waals surface area contributed by atoms with Gasteiger partial charge in [0, 0.05) is 42.3 Å². The number of hydrogen-bond donors (Lipinski definition) is 2. The Bertz CT molecular complexity index is 1630. The number of rotatable bonds is 10. The molecule has 8 nitrogen and oxygen atoms in total. The van der Waals surface area contributed by atoms with Gasteiger partial charge in [-0.1, -0.05) is 36.4 Å². The molecule has 42 heavy (non-hydrogen) atoms. The number of amides is 2. The molecule has 3 aromatic carbocycles. The van der Waals surface area contributed by atoms with Gasteiger partial charge < -0.3 is 24.7 Å². The lowest BCUT2D eigenvalue weighted by molar-refractivity contribution is -0.117. The van der Waals surface area contributed by atoms with E-state index in [4.69, 9.17) is 9.47 Å². The molecule has 1 aromatic heterocycles. The molecule has 5 rings (SSSR count). The smallest absolute Gasteiger partial charge is 0.261 e. The number of nitrogens with one attached hydrogen (secondary N) is 2. The Balaban J connectivity index is 1.17. The second kappa shape index (κ2) is 13.6. The van der Waals surface area contributed by atoms with Crippen LogP contribution in [-0.2, 0) is 17.8 Å². The Hall–Kier alpha value is -5.03. The number of piperidine rings is 1. The molecule has 2 heterocycles. The van der Waals surface area contributed by atoms with Crippen LogP contribution in [0.3, 0.4) is 0 Å². The Morgan fingerprint density at radius 3 is 2.57 bits per heavy atom. The molecule has 1 fully saturated rings. The van der Waals surface area contributed by atoms with E-state index in [1.54, 1.807) is 25.3 Å². The first-order valence-corrected chi connectivity index (χ1v) is 14.2. The summed E-state index contributed by atoms with van der Waals surface area (Å²) in [4.78, 5) is 30.6. The summed E-state index contributed by atoms with van der Waals surface area (Å²) in [5.74, 6) is 0.661. The van der Waals surface area contributed by atoms with Crippen LogP contribution >= 0.6 is 0 Å². The van der Waals surface area contributed by atoms with Gasteiger partial charge in [0.1, 0.15) is 18.2 Å². The van der Waals surface area contributed by atoms with Crippen LogP contribution in [0.1, 0.15) is 46.3 Å². The van der Waals surface area contributed by atoms with Crippen molar-refractivity contribution in [3.8, 4) is 17.6 Å². The van der Waals surface area contributed by atoms with Gasteiger partial charge in [-0.05, 0) is 78.8 Å². The lowest BCUT2D eigenvalue weighted by Crippen LogP contribution is -2.35. The summed E-state index contributed by atoms with van der Waals surface area (Å²) in [6, 6.07) is 22.7. The molecular formula is C34H34N4O4. The highest BCUT2D eigenvalue weighted by Crippen LogP contribution is 2.30. The van der Waals surface area contributed by atoms with Crippen LogP contribution in [0, 0.1) is 11.3 Å². The number of benzene rings is 3. The minimum atomic E-state index is -0.432. The van der Waals surface area contributed by atoms with Gasteiger partial charge in [-0.25, -0.2) is 0 Å². The van der Waals surface area contributed by atoms with Crippen molar-refractivity contribution < 1.29 is 19.1 Å². The second-order valence-corrected chi connectivity index (χ2v) is 10.3. The zero-order valence-electron chi connectivity index (χ0n) is 23.7. The summed E-state index contributed by atoms with van der Waals surface area (Å²) in [6.45, 7) is 2.34. The topological polar surface area (TPSA) is 107 Å². The normalized spacial score (nSPS) is 13.4. The zero-order chi connectivity index (χ0) is 29.3. The van der Waals surface area contributed by atoms with Crippen molar-refractivity contribution in [2.45, 2.75) is 32.3 Å². The SMILES string of the molecule is COc1cc(/C=C(/C#N)C(=O)NCCc2c[nH]c3ccccc23)ccc1OCc1ccc(C(=O)N2CCCCC2)cc1. The van der Waals surface area contributed by atoms with E-state index < -0.39 is 5.91 Å². The van der Waals surface area contributed by atoms with Crippen molar-refractivity contribution in [3.63, 3.8) is 0 Å². The first kappa shape index (κ1) is 28.5. The number of aromatic nitrogens is 1. The van der Waals surface area contributed by atoms with Gasteiger partial charge in [-0.2, -0.15) is 5.26 Å². The Morgan fingerprint density at radius 2 is 1.81 bits per heavy atom. The fourth-order valence-electron chi connectivity index (χ4n) is 5.14. The largest absolute Gasteiger partial charge is 0.493 e. The molecule has 0 radical (unpaired) electrons. The Kier molecular flexibility index (Phi) is 9.20. The predicted octanol–water partition coefficient (Wildman–Crippen LogP) is 5.65. The van der Waals surface area contributed by atoms with Gasteiger partial charge in [0.25, 0.3) is 11.8 Å². The molecule has 0 unspecified atom stereocenters. The zero-order valence-corrected chi connectivity index (χ0v) is 23.7. The van der Waals surface area contributed by atoms with Crippen LogP contribution in [-0.4, -0.2) is 48.4 Å². The van der Waals surface area contributed by atoms with Crippen LogP contribution in [0.2, 0.25) is 0 Å². The van der Waals surface area contributed by atoms with Crippen LogP contribution < -0.4 is 14.8 Å². The number of H-pyrrole nitrogens is 1. The fraction of sp³-hybridized carbons (Fsp3) is 0.265. The van der Waals surface area contributed by atoms with E-state index in [1.165, 1.54) is 12.5 Å². The third-order valence-electron chi connectivity index (χ3n) is 7.46. The molecule has 2 N–H and O–H groups in total. The number of para-hydroxylation sites is 1. The van der Waals surface area contributed by atoms with Crippen LogP contribution in [0.25, 0.3) is 17.0 Å². The summed E-state index contributed by atoms with van der Waals surface area (Å²) in [7, 11) is 1.54. The molecule has 0 atom stereocenters. The number of carbonyl (C=O) groups is 2. The van der Waals surface area contributed by atoms with E-state index in [0.717, 1.165) is 48.0 Å². The molecule has 0 spiro atoms. The minimum absolute atomic E-state index is 0.00355. The molecule has 0 saturated carbocycles. The Morgan fingerprint density at radius 1 is 1.02 bits per heavy atom. The number of nitrogens with zero attached hydrogens (tertiary/aromatic N) is 2. The second-order valence-electron chi connectivity index (χ2n) is 10.3. The highest BCUT2D eigenvalue weighted by atomic mass is 16.5. The van der Waals surface area contributed by atoms with Gasteiger partial charge in [0.05, 0.1) is 7.11 Å². The fourth-order valence-corrected chi connectivity index (χ4v) is 5.14. The quantitative estimate of drug-likeness (QED) is 0.192. The summed E-state index contributed by atoms with van der Waals surface area (Å²) in [5, 5.41) is 13.6. The maximum Gasteiger partial charge on any atom is 0.261 e. The van der Waals surface area contributed by atoms with Crippen molar-refractivity contribution in [1.29, 1.82) is 5.26 Å². The van der Waals surface area contributed by atoms with Crippen molar-refractivity contribution in [2.24, 2.45) is 0 Å². The number of nitriles is 1. The number of fused-ring (bicyclic) bond motifs is 1. The van der Waals surface area contributed by atoms with E-state index >= 15 is 0 Å². The van der Waals surface area contributed by atoms with Crippen LogP contribution in [0.5, 0.6) is 11.5 Å². The number of likely N-dealkylation sites (tertiary alicyclic amines) is 1. The average Bonchev–Trinajstić information content (AvgIpc) is 3.46. The van der Waals surface area contributed by atoms with Crippen molar-refractivity contribution in [2.75, 3.05) is 26.7 Å². The number of carbonyl (C=O) groups excluding carboxylic acids is 2. The molecule has 0 bridgehead atoms. The predicted molar refractivity (Wildman–Crippen MR) is 162 cm³/mol. The first-order chi connectivity index (χ1) is 20.6. The maximum atomic E-state index is 12.7. The third kappa shape index (κ3) is 6.81. The van der Waals surface area contributed by atoms with Gasteiger partial charge in [0.2, 0.25) is 0 Å². The first-order valence-electron chi connectivity index (χ1n) is 14.2. The van der Waals surface area contributed by atoms with Crippen LogP contribution in [0.4, 0.5) is 0 Å². The summed E-state index contributed by atoms with van der Waals surface area (Å²) < 4.78 is 11.5. The Labute approximate surface area is 245 Å². The van der Waals surface area contributed by atoms with Crippen molar-refractivity contribution >= 4 is 28.8 Å². The highest BCUT2D eigenvalue weighted by molar-refractivity contribution is 6.01. The van der Waals surface area contributed by atoms with E-state index in [0.29, 0.717) is 42.2 Å². The van der Waals surface area contributed by atoms with Gasteiger partial charge in [-0.3, -0.25) is 9.59 Å². The lowest BCUT2D eigenvalue weighted by Gasteiger charge is -2.26. The molecule has 1 aliphatic rings. The molecule has 8 heteroatoms. The molecule has 214 valence electrons. The molecular weight excluding hydrogens is 528 g/mol. The monoisotopic (exact) mass is 562 g/mol. The van der Waals surface area contributed by atoms with Crippen molar-refractivity contribution in [1.82, 2.24) is 15.2 Å². The molecule has 2 amide bonds. The van der Waals surface area contributed by atoms with E-state index in [2.05, 4.69) is 10.3 Å². The van der Waals surface area contributed by atoms with E-state index in [9.17, 15) is 14.9 Å². The average molecular weight is 563 g/mol. The maximum absolute atomic E-state index is 12.7. The molecule has 1 aliphatic heterocycles. The standard InChI is InChI=1S/C34H34N4O4/c1-41-32-20-25(19-28(21-35)33(39)36-16-15-27-22-37-30-8-4-3-7-29(27)30)11-14-31(32)42-23-24-9-12-26(13-10-24)34(40)38-17-5-2-6-18-38/h3-4,7-14,19-20,22,37H,2,5-6,15-18,23H2,1H3,(H,36,39)/b28-19-. The summed E-state index contributed by atoms with van der Waals surface area (Å²) >= 11 is 0. The van der Waals surface area contributed by atoms with Gasteiger partial charge >= 0.3 is 0 Å². The summed E-state index contributed by atoms with van der Waals surface area (Å²) in [6.07, 6.45) is 7.43. The van der Waals surface area contributed by atoms with Crippen molar-refractivity contribution in [3.05, 3.63) is 101 Å². The minimum Gasteiger partial charge on any atom is -0.493 e. The van der Waals surface area contributed by atoms with E-state index in [1.807, 2.05) is 65.7 Å². The number of aromatic amines is 1. The lowest BCUT2D eigenvalue weighted by atomic mass is 10.1. The molecule has 4 aromatic rings. The highest BCUT2D eigenvalue weighted by Gasteiger charge is 2.18. The van der Waals surface area contributed by atoms with Gasteiger partial charge in [0.15, 0.2) is 11.5 Å². The van der Waals surface area contributed by atoms with Gasteiger partial charge in [-0.15, -0.1) is 0 Å². The molecule has 1 saturated heterocycles.